The van der Waals surface area contributed by atoms with Crippen molar-refractivity contribution in [2.45, 2.75) is 13.1 Å². The number of benzene rings is 3. The predicted octanol–water partition coefficient (Wildman–Crippen LogP) is 4.28. The largest absolute Gasteiger partial charge is 0.384 e. The van der Waals surface area contributed by atoms with E-state index in [0.717, 1.165) is 16.6 Å². The fraction of sp³-hybridized carbons (Fsp3) is 0.0800. The summed E-state index contributed by atoms with van der Waals surface area (Å²) in [6.07, 6.45) is 0. The molecule has 158 valence electrons. The number of fused-ring (bicyclic) bond motifs is 2. The van der Waals surface area contributed by atoms with Gasteiger partial charge in [0.25, 0.3) is 5.91 Å². The maximum absolute atomic E-state index is 13.2. The molecule has 7 heteroatoms. The van der Waals surface area contributed by atoms with Crippen LogP contribution in [0, 0.1) is 5.82 Å². The molecule has 32 heavy (non-hydrogen) atoms. The van der Waals surface area contributed by atoms with E-state index >= 15 is 0 Å². The Hall–Kier alpha value is -4.26. The summed E-state index contributed by atoms with van der Waals surface area (Å²) in [6.45, 7) is 0.701. The van der Waals surface area contributed by atoms with Gasteiger partial charge in [0, 0.05) is 6.54 Å². The summed E-state index contributed by atoms with van der Waals surface area (Å²) in [4.78, 5) is 22.7. The molecule has 0 unspecified atom stereocenters. The van der Waals surface area contributed by atoms with E-state index in [9.17, 15) is 9.18 Å². The molecule has 3 N–H and O–H groups in total. The lowest BCUT2D eigenvalue weighted by atomic mass is 10.2. The summed E-state index contributed by atoms with van der Waals surface area (Å²) in [5.74, 6) is -0.376. The zero-order chi connectivity index (χ0) is 22.1. The van der Waals surface area contributed by atoms with Crippen molar-refractivity contribution in [2.24, 2.45) is 0 Å². The first-order chi connectivity index (χ1) is 15.6. The van der Waals surface area contributed by atoms with E-state index in [1.54, 1.807) is 12.1 Å². The monoisotopic (exact) mass is 425 g/mol. The molecule has 1 amide bonds. The normalized spacial score (nSPS) is 11.2. The Bertz CT molecular complexity index is 1430. The highest BCUT2D eigenvalue weighted by Crippen LogP contribution is 2.28. The smallest absolute Gasteiger partial charge is 0.257 e. The average Bonchev–Trinajstić information content (AvgIpc) is 3.08. The number of amides is 1. The van der Waals surface area contributed by atoms with Crippen LogP contribution in [0.15, 0.2) is 78.9 Å². The summed E-state index contributed by atoms with van der Waals surface area (Å²) in [7, 11) is 0. The van der Waals surface area contributed by atoms with Gasteiger partial charge in [-0.3, -0.25) is 4.79 Å². The van der Waals surface area contributed by atoms with Gasteiger partial charge in [-0.25, -0.2) is 14.4 Å². The highest BCUT2D eigenvalue weighted by atomic mass is 19.1. The van der Waals surface area contributed by atoms with E-state index in [-0.39, 0.29) is 23.8 Å². The van der Waals surface area contributed by atoms with Crippen LogP contribution in [0.3, 0.4) is 0 Å². The van der Waals surface area contributed by atoms with Crippen LogP contribution in [-0.4, -0.2) is 20.4 Å². The topological polar surface area (TPSA) is 85.8 Å². The zero-order valence-electron chi connectivity index (χ0n) is 17.1. The molecule has 0 aliphatic heterocycles. The summed E-state index contributed by atoms with van der Waals surface area (Å²) >= 11 is 0. The van der Waals surface area contributed by atoms with E-state index in [1.165, 1.54) is 12.1 Å². The molecule has 0 spiro atoms. The zero-order valence-corrected chi connectivity index (χ0v) is 17.1. The first kappa shape index (κ1) is 19.7. The number of halogens is 1. The molecule has 0 saturated carbocycles. The highest BCUT2D eigenvalue weighted by molar-refractivity contribution is 6.10. The van der Waals surface area contributed by atoms with Crippen LogP contribution in [0.2, 0.25) is 0 Å². The number of nitrogens with one attached hydrogen (secondary N) is 1. The Morgan fingerprint density at radius 3 is 2.25 bits per heavy atom. The van der Waals surface area contributed by atoms with E-state index < -0.39 is 0 Å². The van der Waals surface area contributed by atoms with Gasteiger partial charge in [0.15, 0.2) is 5.65 Å². The number of nitrogens with zero attached hydrogens (tertiary/aromatic N) is 3. The van der Waals surface area contributed by atoms with Gasteiger partial charge in [0.05, 0.1) is 17.6 Å². The van der Waals surface area contributed by atoms with Crippen molar-refractivity contribution >= 4 is 33.9 Å². The minimum atomic E-state index is -0.354. The van der Waals surface area contributed by atoms with E-state index in [4.69, 9.17) is 15.7 Å². The summed E-state index contributed by atoms with van der Waals surface area (Å²) in [6, 6.07) is 23.3. The van der Waals surface area contributed by atoms with E-state index in [0.29, 0.717) is 29.0 Å². The minimum absolute atomic E-state index is 0.241. The fourth-order valence-electron chi connectivity index (χ4n) is 3.74. The summed E-state index contributed by atoms with van der Waals surface area (Å²) in [5.41, 5.74) is 11.0. The summed E-state index contributed by atoms with van der Waals surface area (Å²) in [5, 5.41) is 2.87. The van der Waals surface area contributed by atoms with Crippen LogP contribution in [0.1, 0.15) is 21.5 Å². The predicted molar refractivity (Wildman–Crippen MR) is 123 cm³/mol. The molecule has 0 bridgehead atoms. The quantitative estimate of drug-likeness (QED) is 0.440. The van der Waals surface area contributed by atoms with E-state index in [2.05, 4.69) is 5.32 Å². The molecule has 0 atom stereocenters. The van der Waals surface area contributed by atoms with Gasteiger partial charge in [0.1, 0.15) is 22.7 Å². The molecule has 0 fully saturated rings. The average molecular weight is 425 g/mol. The van der Waals surface area contributed by atoms with Gasteiger partial charge in [-0.1, -0.05) is 54.6 Å². The lowest BCUT2D eigenvalue weighted by Crippen LogP contribution is -2.24. The fourth-order valence-corrected chi connectivity index (χ4v) is 3.74. The molecule has 0 aliphatic carbocycles. The second kappa shape index (κ2) is 8.11. The van der Waals surface area contributed by atoms with Crippen LogP contribution in [0.25, 0.3) is 22.2 Å². The number of hydrogen-bond acceptors (Lipinski definition) is 4. The third-order valence-corrected chi connectivity index (χ3v) is 5.37. The second-order valence-corrected chi connectivity index (χ2v) is 7.53. The standard InChI is InChI=1S/C25H20FN5O/c26-18-12-10-16(11-13-18)14-28-25(32)21-22-24(30-20-9-5-4-8-19(20)29-22)31(23(21)27)15-17-6-2-1-3-7-17/h1-13H,14-15,27H2,(H,28,32). The number of nitrogens with two attached hydrogens (primary N) is 1. The molecule has 2 aromatic heterocycles. The number of aromatic nitrogens is 3. The maximum Gasteiger partial charge on any atom is 0.257 e. The highest BCUT2D eigenvalue weighted by Gasteiger charge is 2.24. The van der Waals surface area contributed by atoms with Gasteiger partial charge in [-0.2, -0.15) is 0 Å². The van der Waals surface area contributed by atoms with Crippen molar-refractivity contribution in [3.8, 4) is 0 Å². The van der Waals surface area contributed by atoms with Crippen molar-refractivity contribution in [3.05, 3.63) is 101 Å². The number of carbonyl (C=O) groups is 1. The molecule has 0 radical (unpaired) electrons. The Morgan fingerprint density at radius 2 is 1.53 bits per heavy atom. The molecule has 0 aliphatic rings. The Labute approximate surface area is 183 Å². The molecular formula is C25H20FN5O. The van der Waals surface area contributed by atoms with Crippen molar-refractivity contribution < 1.29 is 9.18 Å². The van der Waals surface area contributed by atoms with Crippen molar-refractivity contribution in [1.82, 2.24) is 19.9 Å². The van der Waals surface area contributed by atoms with Gasteiger partial charge in [0.2, 0.25) is 0 Å². The number of hydrogen-bond donors (Lipinski definition) is 2. The van der Waals surface area contributed by atoms with Crippen molar-refractivity contribution in [2.75, 3.05) is 5.73 Å². The number of carbonyl (C=O) groups excluding carboxylic acids is 1. The van der Waals surface area contributed by atoms with Crippen LogP contribution in [0.4, 0.5) is 10.2 Å². The van der Waals surface area contributed by atoms with Crippen LogP contribution in [0.5, 0.6) is 0 Å². The summed E-state index contributed by atoms with van der Waals surface area (Å²) < 4.78 is 15.0. The number of rotatable bonds is 5. The van der Waals surface area contributed by atoms with E-state index in [1.807, 2.05) is 59.2 Å². The molecular weight excluding hydrogens is 405 g/mol. The minimum Gasteiger partial charge on any atom is -0.384 e. The van der Waals surface area contributed by atoms with Crippen molar-refractivity contribution in [1.29, 1.82) is 0 Å². The van der Waals surface area contributed by atoms with Gasteiger partial charge >= 0.3 is 0 Å². The SMILES string of the molecule is Nc1c(C(=O)NCc2ccc(F)cc2)c2nc3ccccc3nc2n1Cc1ccccc1. The molecule has 6 nitrogen and oxygen atoms in total. The first-order valence-electron chi connectivity index (χ1n) is 10.2. The van der Waals surface area contributed by atoms with Crippen LogP contribution >= 0.6 is 0 Å². The maximum atomic E-state index is 13.2. The molecule has 3 aromatic carbocycles. The Balaban J connectivity index is 1.58. The number of nitrogen functional groups attached to an aromatic ring is 1. The Kier molecular flexibility index (Phi) is 4.99. The van der Waals surface area contributed by atoms with Gasteiger partial charge in [-0.15, -0.1) is 0 Å². The molecule has 2 heterocycles. The first-order valence-corrected chi connectivity index (χ1v) is 10.2. The molecule has 5 rings (SSSR count). The van der Waals surface area contributed by atoms with Crippen LogP contribution in [-0.2, 0) is 13.1 Å². The lowest BCUT2D eigenvalue weighted by molar-refractivity contribution is 0.0953. The Morgan fingerprint density at radius 1 is 0.875 bits per heavy atom. The van der Waals surface area contributed by atoms with Crippen molar-refractivity contribution in [3.63, 3.8) is 0 Å². The number of anilines is 1. The second-order valence-electron chi connectivity index (χ2n) is 7.53. The molecule has 0 saturated heterocycles. The molecule has 5 aromatic rings. The third kappa shape index (κ3) is 3.65. The van der Waals surface area contributed by atoms with Gasteiger partial charge < -0.3 is 15.6 Å². The van der Waals surface area contributed by atoms with Crippen LogP contribution < -0.4 is 11.1 Å². The third-order valence-electron chi connectivity index (χ3n) is 5.37. The van der Waals surface area contributed by atoms with Gasteiger partial charge in [-0.05, 0) is 35.4 Å². The number of para-hydroxylation sites is 2. The lowest BCUT2D eigenvalue weighted by Gasteiger charge is -2.08.